The molecule has 0 aliphatic carbocycles. The van der Waals surface area contributed by atoms with Crippen molar-refractivity contribution in [2.75, 3.05) is 0 Å². The number of halogens is 1. The molecule has 16 heavy (non-hydrogen) atoms. The number of rotatable bonds is 1. The van der Waals surface area contributed by atoms with Gasteiger partial charge in [0.05, 0.1) is 5.52 Å². The van der Waals surface area contributed by atoms with Crippen LogP contribution >= 0.6 is 22.6 Å². The molecule has 1 aromatic carbocycles. The number of hydrogen-bond donors (Lipinski definition) is 1. The van der Waals surface area contributed by atoms with E-state index in [1.54, 1.807) is 6.20 Å². The number of benzene rings is 1. The van der Waals surface area contributed by atoms with E-state index >= 15 is 0 Å². The van der Waals surface area contributed by atoms with E-state index in [4.69, 9.17) is 0 Å². The first-order valence-electron chi connectivity index (χ1n) is 4.89. The second kappa shape index (κ2) is 3.86. The van der Waals surface area contributed by atoms with Crippen molar-refractivity contribution >= 4 is 33.6 Å². The highest BCUT2D eigenvalue weighted by atomic mass is 127. The van der Waals surface area contributed by atoms with Crippen LogP contribution in [0, 0.1) is 3.57 Å². The maximum Gasteiger partial charge on any atom is 0.140 e. The fourth-order valence-corrected chi connectivity index (χ4v) is 2.26. The van der Waals surface area contributed by atoms with Crippen LogP contribution in [-0.2, 0) is 0 Å². The van der Waals surface area contributed by atoms with Crippen molar-refractivity contribution in [2.45, 2.75) is 0 Å². The summed E-state index contributed by atoms with van der Waals surface area (Å²) in [4.78, 5) is 12.0. The summed E-state index contributed by atoms with van der Waals surface area (Å²) in [6.07, 6.45) is 3.57. The molecule has 0 fully saturated rings. The second-order valence-corrected chi connectivity index (χ2v) is 4.63. The quantitative estimate of drug-likeness (QED) is 0.699. The zero-order chi connectivity index (χ0) is 11.0. The lowest BCUT2D eigenvalue weighted by Gasteiger charge is -1.92. The second-order valence-electron chi connectivity index (χ2n) is 3.46. The van der Waals surface area contributed by atoms with Gasteiger partial charge in [0.1, 0.15) is 11.3 Å². The average molecular weight is 321 g/mol. The molecule has 0 bridgehead atoms. The van der Waals surface area contributed by atoms with Crippen molar-refractivity contribution in [3.8, 4) is 11.4 Å². The van der Waals surface area contributed by atoms with E-state index in [2.05, 4.69) is 43.6 Å². The van der Waals surface area contributed by atoms with E-state index < -0.39 is 0 Å². The Bertz CT molecular complexity index is 631. The van der Waals surface area contributed by atoms with Crippen LogP contribution in [-0.4, -0.2) is 15.0 Å². The molecule has 78 valence electrons. The minimum Gasteiger partial charge on any atom is -0.338 e. The van der Waals surface area contributed by atoms with Crippen molar-refractivity contribution in [1.82, 2.24) is 15.0 Å². The van der Waals surface area contributed by atoms with Gasteiger partial charge in [-0.15, -0.1) is 0 Å². The maximum absolute atomic E-state index is 4.58. The van der Waals surface area contributed by atoms with Gasteiger partial charge in [-0.1, -0.05) is 6.07 Å². The minimum absolute atomic E-state index is 0.868. The summed E-state index contributed by atoms with van der Waals surface area (Å²) in [6, 6.07) is 10.0. The predicted octanol–water partition coefficient (Wildman–Crippen LogP) is 3.23. The fraction of sp³-hybridized carbons (Fsp3) is 0. The molecule has 0 atom stereocenters. The van der Waals surface area contributed by atoms with E-state index in [9.17, 15) is 0 Å². The zero-order valence-electron chi connectivity index (χ0n) is 8.31. The average Bonchev–Trinajstić information content (AvgIpc) is 2.76. The molecule has 4 heteroatoms. The normalized spacial score (nSPS) is 10.8. The summed E-state index contributed by atoms with van der Waals surface area (Å²) in [6.45, 7) is 0. The standard InChI is InChI=1S/C12H8IN3/c13-9-4-1-5-10-11(9)16-12(15-10)8-3-2-6-14-7-8/h1-7H,(H,15,16). The molecule has 0 amide bonds. The monoisotopic (exact) mass is 321 g/mol. The van der Waals surface area contributed by atoms with Gasteiger partial charge in [-0.3, -0.25) is 4.98 Å². The van der Waals surface area contributed by atoms with Crippen LogP contribution in [0.15, 0.2) is 42.7 Å². The molecule has 0 radical (unpaired) electrons. The minimum atomic E-state index is 0.868. The van der Waals surface area contributed by atoms with Crippen molar-refractivity contribution in [3.63, 3.8) is 0 Å². The van der Waals surface area contributed by atoms with Crippen molar-refractivity contribution in [1.29, 1.82) is 0 Å². The lowest BCUT2D eigenvalue weighted by Crippen LogP contribution is -1.80. The molecular formula is C12H8IN3. The highest BCUT2D eigenvalue weighted by molar-refractivity contribution is 14.1. The molecule has 2 heterocycles. The Morgan fingerprint density at radius 2 is 2.06 bits per heavy atom. The molecule has 3 aromatic rings. The first-order chi connectivity index (χ1) is 7.84. The Labute approximate surface area is 106 Å². The summed E-state index contributed by atoms with van der Waals surface area (Å²) < 4.78 is 1.15. The van der Waals surface area contributed by atoms with E-state index in [-0.39, 0.29) is 0 Å². The third kappa shape index (κ3) is 1.59. The lowest BCUT2D eigenvalue weighted by molar-refractivity contribution is 1.27. The van der Waals surface area contributed by atoms with Crippen LogP contribution < -0.4 is 0 Å². The first kappa shape index (κ1) is 9.77. The molecule has 0 spiro atoms. The smallest absolute Gasteiger partial charge is 0.140 e. The van der Waals surface area contributed by atoms with Crippen molar-refractivity contribution in [3.05, 3.63) is 46.3 Å². The van der Waals surface area contributed by atoms with Crippen molar-refractivity contribution < 1.29 is 0 Å². The molecule has 1 N–H and O–H groups in total. The summed E-state index contributed by atoms with van der Waals surface area (Å²) in [7, 11) is 0. The topological polar surface area (TPSA) is 41.6 Å². The number of hydrogen-bond acceptors (Lipinski definition) is 2. The number of nitrogens with zero attached hydrogens (tertiary/aromatic N) is 2. The summed E-state index contributed by atoms with van der Waals surface area (Å²) >= 11 is 2.29. The summed E-state index contributed by atoms with van der Waals surface area (Å²) in [5, 5.41) is 0. The Morgan fingerprint density at radius 3 is 2.81 bits per heavy atom. The molecule has 0 unspecified atom stereocenters. The van der Waals surface area contributed by atoms with Gasteiger partial charge in [0, 0.05) is 21.5 Å². The highest BCUT2D eigenvalue weighted by Crippen LogP contribution is 2.22. The molecular weight excluding hydrogens is 313 g/mol. The molecule has 3 rings (SSSR count). The van der Waals surface area contributed by atoms with E-state index in [0.717, 1.165) is 26.0 Å². The number of aromatic nitrogens is 3. The van der Waals surface area contributed by atoms with Crippen LogP contribution in [0.2, 0.25) is 0 Å². The van der Waals surface area contributed by atoms with E-state index in [1.165, 1.54) is 0 Å². The van der Waals surface area contributed by atoms with Gasteiger partial charge in [-0.2, -0.15) is 0 Å². The van der Waals surface area contributed by atoms with E-state index in [1.807, 2.05) is 30.5 Å². The van der Waals surface area contributed by atoms with Crippen LogP contribution in [0.1, 0.15) is 0 Å². The first-order valence-corrected chi connectivity index (χ1v) is 5.97. The number of imidazole rings is 1. The number of nitrogens with one attached hydrogen (secondary N) is 1. The molecule has 2 aromatic heterocycles. The number of pyridine rings is 1. The van der Waals surface area contributed by atoms with Crippen molar-refractivity contribution in [2.24, 2.45) is 0 Å². The van der Waals surface area contributed by atoms with Gasteiger partial charge in [-0.25, -0.2) is 4.98 Å². The summed E-state index contributed by atoms with van der Waals surface area (Å²) in [5.74, 6) is 0.868. The number of H-pyrrole nitrogens is 1. The maximum atomic E-state index is 4.58. The van der Waals surface area contributed by atoms with E-state index in [0.29, 0.717) is 0 Å². The largest absolute Gasteiger partial charge is 0.338 e. The third-order valence-corrected chi connectivity index (χ3v) is 3.27. The zero-order valence-corrected chi connectivity index (χ0v) is 10.5. The molecule has 3 nitrogen and oxygen atoms in total. The Kier molecular flexibility index (Phi) is 2.36. The Morgan fingerprint density at radius 1 is 1.12 bits per heavy atom. The molecule has 0 saturated heterocycles. The lowest BCUT2D eigenvalue weighted by atomic mass is 10.3. The predicted molar refractivity (Wildman–Crippen MR) is 72.0 cm³/mol. The van der Waals surface area contributed by atoms with Gasteiger partial charge < -0.3 is 4.98 Å². The highest BCUT2D eigenvalue weighted by Gasteiger charge is 2.06. The van der Waals surface area contributed by atoms with Crippen LogP contribution in [0.5, 0.6) is 0 Å². The van der Waals surface area contributed by atoms with Gasteiger partial charge >= 0.3 is 0 Å². The fourth-order valence-electron chi connectivity index (χ4n) is 1.64. The van der Waals surface area contributed by atoms with Crippen LogP contribution in [0.25, 0.3) is 22.4 Å². The third-order valence-electron chi connectivity index (χ3n) is 2.40. The SMILES string of the molecule is Ic1cccc2[nH]c(-c3cccnc3)nc12. The molecule has 0 aliphatic heterocycles. The Balaban J connectivity index is 2.23. The van der Waals surface area contributed by atoms with Gasteiger partial charge in [0.2, 0.25) is 0 Å². The number of fused-ring (bicyclic) bond motifs is 1. The number of aromatic amines is 1. The van der Waals surface area contributed by atoms with Gasteiger partial charge in [0.15, 0.2) is 0 Å². The Hall–Kier alpha value is -1.43. The van der Waals surface area contributed by atoms with Crippen LogP contribution in [0.3, 0.4) is 0 Å². The number of para-hydroxylation sites is 1. The summed E-state index contributed by atoms with van der Waals surface area (Å²) in [5.41, 5.74) is 3.09. The molecule has 0 aliphatic rings. The van der Waals surface area contributed by atoms with Gasteiger partial charge in [-0.05, 0) is 46.9 Å². The van der Waals surface area contributed by atoms with Gasteiger partial charge in [0.25, 0.3) is 0 Å². The molecule has 0 saturated carbocycles. The van der Waals surface area contributed by atoms with Crippen LogP contribution in [0.4, 0.5) is 0 Å².